The maximum absolute atomic E-state index is 11.6. The number of rotatable bonds is 5. The number of esters is 1. The second-order valence-corrected chi connectivity index (χ2v) is 3.93. The third-order valence-corrected chi connectivity index (χ3v) is 2.28. The van der Waals surface area contributed by atoms with Gasteiger partial charge in [0.2, 0.25) is 5.91 Å². The molecular formula is C11H18N2O3. The largest absolute Gasteiger partial charge is 0.469 e. The van der Waals surface area contributed by atoms with Gasteiger partial charge in [-0.3, -0.25) is 9.59 Å². The molecule has 0 saturated heterocycles. The molecule has 0 aromatic heterocycles. The van der Waals surface area contributed by atoms with Crippen molar-refractivity contribution in [3.8, 4) is 6.07 Å². The number of carbonyl (C=O) groups excluding carboxylic acids is 2. The zero-order valence-corrected chi connectivity index (χ0v) is 10.2. The highest BCUT2D eigenvalue weighted by molar-refractivity contribution is 5.82. The molecule has 5 heteroatoms. The zero-order chi connectivity index (χ0) is 12.7. The quantitative estimate of drug-likeness (QED) is 0.650. The number of carbonyl (C=O) groups is 2. The Labute approximate surface area is 96.0 Å². The van der Waals surface area contributed by atoms with Crippen molar-refractivity contribution >= 4 is 11.9 Å². The number of amides is 1. The minimum absolute atomic E-state index is 0.112. The Morgan fingerprint density at radius 3 is 2.44 bits per heavy atom. The second kappa shape index (κ2) is 6.83. The predicted octanol–water partition coefficient (Wildman–Crippen LogP) is 0.804. The van der Waals surface area contributed by atoms with Gasteiger partial charge in [-0.05, 0) is 6.92 Å². The van der Waals surface area contributed by atoms with Crippen LogP contribution in [0.25, 0.3) is 0 Å². The molecule has 0 N–H and O–H groups in total. The first-order valence-electron chi connectivity index (χ1n) is 5.13. The Kier molecular flexibility index (Phi) is 6.16. The summed E-state index contributed by atoms with van der Waals surface area (Å²) in [5.74, 6) is -1.20. The molecule has 0 heterocycles. The molecule has 2 atom stereocenters. The summed E-state index contributed by atoms with van der Waals surface area (Å²) in [5, 5.41) is 8.61. The predicted molar refractivity (Wildman–Crippen MR) is 58.2 cm³/mol. The number of ether oxygens (including phenoxy) is 1. The maximum atomic E-state index is 11.6. The van der Waals surface area contributed by atoms with E-state index in [0.29, 0.717) is 6.54 Å². The van der Waals surface area contributed by atoms with Crippen molar-refractivity contribution in [2.45, 2.75) is 20.3 Å². The molecule has 0 rings (SSSR count). The molecule has 0 bridgehead atoms. The first-order chi connectivity index (χ1) is 7.42. The molecule has 0 radical (unpaired) electrons. The van der Waals surface area contributed by atoms with Crippen LogP contribution in [-0.2, 0) is 14.3 Å². The van der Waals surface area contributed by atoms with Crippen molar-refractivity contribution in [3.63, 3.8) is 0 Å². The molecule has 1 amide bonds. The molecule has 16 heavy (non-hydrogen) atoms. The highest BCUT2D eigenvalue weighted by Gasteiger charge is 2.20. The van der Waals surface area contributed by atoms with E-state index in [4.69, 9.17) is 5.26 Å². The summed E-state index contributed by atoms with van der Waals surface area (Å²) in [4.78, 5) is 24.2. The fourth-order valence-electron chi connectivity index (χ4n) is 1.26. The van der Waals surface area contributed by atoms with E-state index in [9.17, 15) is 9.59 Å². The fraction of sp³-hybridized carbons (Fsp3) is 0.727. The van der Waals surface area contributed by atoms with E-state index in [2.05, 4.69) is 10.8 Å². The number of hydrogen-bond acceptors (Lipinski definition) is 4. The first-order valence-corrected chi connectivity index (χ1v) is 5.13. The number of nitriles is 1. The van der Waals surface area contributed by atoms with Gasteiger partial charge in [0.15, 0.2) is 0 Å². The monoisotopic (exact) mass is 226 g/mol. The van der Waals surface area contributed by atoms with E-state index >= 15 is 0 Å². The summed E-state index contributed by atoms with van der Waals surface area (Å²) in [6.07, 6.45) is 0.112. The van der Waals surface area contributed by atoms with Crippen molar-refractivity contribution in [2.75, 3.05) is 20.7 Å². The number of nitrogens with zero attached hydrogens (tertiary/aromatic N) is 2. The van der Waals surface area contributed by atoms with E-state index in [0.717, 1.165) is 0 Å². The van der Waals surface area contributed by atoms with Gasteiger partial charge in [0, 0.05) is 20.0 Å². The van der Waals surface area contributed by atoms with E-state index in [1.54, 1.807) is 20.9 Å². The third-order valence-electron chi connectivity index (χ3n) is 2.28. The van der Waals surface area contributed by atoms with Crippen molar-refractivity contribution in [2.24, 2.45) is 11.8 Å². The van der Waals surface area contributed by atoms with Crippen molar-refractivity contribution in [3.05, 3.63) is 0 Å². The topological polar surface area (TPSA) is 70.4 Å². The van der Waals surface area contributed by atoms with Gasteiger partial charge in [-0.2, -0.15) is 5.26 Å². The van der Waals surface area contributed by atoms with Crippen molar-refractivity contribution in [1.82, 2.24) is 4.90 Å². The van der Waals surface area contributed by atoms with Crippen LogP contribution in [0.4, 0.5) is 0 Å². The average Bonchev–Trinajstić information content (AvgIpc) is 2.27. The van der Waals surface area contributed by atoms with Gasteiger partial charge >= 0.3 is 5.97 Å². The SMILES string of the molecule is COC(=O)[C@H](C)CC(=O)N(C)C[C@@H](C)C#N. The lowest BCUT2D eigenvalue weighted by molar-refractivity contribution is -0.148. The highest BCUT2D eigenvalue weighted by Crippen LogP contribution is 2.07. The summed E-state index contributed by atoms with van der Waals surface area (Å²) < 4.78 is 4.53. The van der Waals surface area contributed by atoms with Gasteiger partial charge in [0.25, 0.3) is 0 Å². The van der Waals surface area contributed by atoms with Gasteiger partial charge < -0.3 is 9.64 Å². The molecule has 0 fully saturated rings. The van der Waals surface area contributed by atoms with E-state index in [-0.39, 0.29) is 18.2 Å². The van der Waals surface area contributed by atoms with Crippen molar-refractivity contribution in [1.29, 1.82) is 5.26 Å². The fourth-order valence-corrected chi connectivity index (χ4v) is 1.26. The average molecular weight is 226 g/mol. The van der Waals surface area contributed by atoms with Crippen LogP contribution in [-0.4, -0.2) is 37.5 Å². The summed E-state index contributed by atoms with van der Waals surface area (Å²) >= 11 is 0. The smallest absolute Gasteiger partial charge is 0.308 e. The van der Waals surface area contributed by atoms with Crippen LogP contribution >= 0.6 is 0 Å². The molecule has 0 aromatic carbocycles. The summed E-state index contributed by atoms with van der Waals surface area (Å²) in [6, 6.07) is 2.05. The molecule has 0 aliphatic rings. The van der Waals surface area contributed by atoms with E-state index in [1.165, 1.54) is 12.0 Å². The minimum atomic E-state index is -0.447. The Morgan fingerprint density at radius 2 is 2.00 bits per heavy atom. The van der Waals surface area contributed by atoms with Gasteiger partial charge in [-0.25, -0.2) is 0 Å². The molecule has 5 nitrogen and oxygen atoms in total. The molecule has 0 spiro atoms. The first kappa shape index (κ1) is 14.4. The van der Waals surface area contributed by atoms with Crippen LogP contribution in [0.5, 0.6) is 0 Å². The molecule has 0 aliphatic carbocycles. The summed E-state index contributed by atoms with van der Waals surface area (Å²) in [7, 11) is 2.92. The van der Waals surface area contributed by atoms with Crippen LogP contribution in [0.15, 0.2) is 0 Å². The third kappa shape index (κ3) is 4.78. The maximum Gasteiger partial charge on any atom is 0.308 e. The Bertz CT molecular complexity index is 296. The minimum Gasteiger partial charge on any atom is -0.469 e. The zero-order valence-electron chi connectivity index (χ0n) is 10.2. The van der Waals surface area contributed by atoms with Gasteiger partial charge in [0.1, 0.15) is 0 Å². The van der Waals surface area contributed by atoms with E-state index < -0.39 is 11.9 Å². The van der Waals surface area contributed by atoms with E-state index in [1.807, 2.05) is 0 Å². The van der Waals surface area contributed by atoms with Gasteiger partial charge in [0.05, 0.1) is 25.0 Å². The summed E-state index contributed by atoms with van der Waals surface area (Å²) in [5.41, 5.74) is 0. The van der Waals surface area contributed by atoms with Crippen LogP contribution in [0.2, 0.25) is 0 Å². The molecule has 0 unspecified atom stereocenters. The van der Waals surface area contributed by atoms with Crippen LogP contribution in [0, 0.1) is 23.2 Å². The van der Waals surface area contributed by atoms with Crippen molar-refractivity contribution < 1.29 is 14.3 Å². The van der Waals surface area contributed by atoms with Gasteiger partial charge in [-0.15, -0.1) is 0 Å². The molecule has 90 valence electrons. The van der Waals surface area contributed by atoms with Crippen LogP contribution < -0.4 is 0 Å². The summed E-state index contributed by atoms with van der Waals surface area (Å²) in [6.45, 7) is 3.77. The molecule has 0 aromatic rings. The van der Waals surface area contributed by atoms with Gasteiger partial charge in [-0.1, -0.05) is 6.92 Å². The second-order valence-electron chi connectivity index (χ2n) is 3.93. The highest BCUT2D eigenvalue weighted by atomic mass is 16.5. The normalized spacial score (nSPS) is 13.4. The Hall–Kier alpha value is -1.57. The Balaban J connectivity index is 4.16. The van der Waals surface area contributed by atoms with Crippen LogP contribution in [0.1, 0.15) is 20.3 Å². The Morgan fingerprint density at radius 1 is 1.44 bits per heavy atom. The number of hydrogen-bond donors (Lipinski definition) is 0. The lowest BCUT2D eigenvalue weighted by Crippen LogP contribution is -2.33. The van der Waals surface area contributed by atoms with Crippen LogP contribution in [0.3, 0.4) is 0 Å². The molecule has 0 aliphatic heterocycles. The molecule has 0 saturated carbocycles. The standard InChI is InChI=1S/C11H18N2O3/c1-8(6-12)7-13(3)10(14)5-9(2)11(15)16-4/h8-9H,5,7H2,1-4H3/t8-,9+/m0/s1. The lowest BCUT2D eigenvalue weighted by Gasteiger charge is -2.19. The molecular weight excluding hydrogens is 208 g/mol. The lowest BCUT2D eigenvalue weighted by atomic mass is 10.1. The number of methoxy groups -OCH3 is 1.